The number of aliphatic hydroxyl groups excluding tert-OH is 1. The molecule has 1 atom stereocenters. The zero-order valence-corrected chi connectivity index (χ0v) is 7.44. The second-order valence-corrected chi connectivity index (χ2v) is 2.62. The molecule has 0 aliphatic heterocycles. The number of carbonyl (C=O) groups is 1. The molecule has 1 amide bonds. The molecule has 72 valence electrons. The number of nitrogens with zero attached hydrogens (tertiary/aromatic N) is 2. The number of hydrogen-bond acceptors (Lipinski definition) is 5. The first-order chi connectivity index (χ1) is 6.09. The Bertz CT molecular complexity index is 295. The van der Waals surface area contributed by atoms with Crippen LogP contribution in [0.3, 0.4) is 0 Å². The molecule has 0 fully saturated rings. The molecule has 0 spiro atoms. The van der Waals surface area contributed by atoms with Gasteiger partial charge in [0.2, 0.25) is 11.8 Å². The molecule has 0 unspecified atom stereocenters. The van der Waals surface area contributed by atoms with Crippen LogP contribution in [0.15, 0.2) is 4.52 Å². The summed E-state index contributed by atoms with van der Waals surface area (Å²) in [6.07, 6.45) is -1.02. The first-order valence-corrected chi connectivity index (χ1v) is 3.84. The monoisotopic (exact) mass is 185 g/mol. The average molecular weight is 185 g/mol. The van der Waals surface area contributed by atoms with Gasteiger partial charge in [-0.15, -0.1) is 0 Å². The van der Waals surface area contributed by atoms with Gasteiger partial charge in [-0.3, -0.25) is 4.79 Å². The van der Waals surface area contributed by atoms with Gasteiger partial charge in [0.15, 0.2) is 5.82 Å². The van der Waals surface area contributed by atoms with E-state index in [1.165, 1.54) is 6.92 Å². The SMILES string of the molecule is Cc1nc(CNC(=O)[C@@H](C)O)no1. The summed E-state index contributed by atoms with van der Waals surface area (Å²) < 4.78 is 4.68. The summed E-state index contributed by atoms with van der Waals surface area (Å²) in [6.45, 7) is 3.21. The van der Waals surface area contributed by atoms with Crippen molar-refractivity contribution in [3.63, 3.8) is 0 Å². The number of hydrogen-bond donors (Lipinski definition) is 2. The van der Waals surface area contributed by atoms with Gasteiger partial charge in [0, 0.05) is 6.92 Å². The number of nitrogens with one attached hydrogen (secondary N) is 1. The van der Waals surface area contributed by atoms with Crippen LogP contribution in [-0.2, 0) is 11.3 Å². The second-order valence-electron chi connectivity index (χ2n) is 2.62. The minimum atomic E-state index is -1.02. The maximum atomic E-state index is 10.9. The number of rotatable bonds is 3. The highest BCUT2D eigenvalue weighted by molar-refractivity contribution is 5.79. The van der Waals surface area contributed by atoms with Crippen molar-refractivity contribution in [3.8, 4) is 0 Å². The van der Waals surface area contributed by atoms with Gasteiger partial charge in [-0.2, -0.15) is 4.98 Å². The molecule has 1 aromatic heterocycles. The van der Waals surface area contributed by atoms with E-state index in [0.29, 0.717) is 11.7 Å². The molecule has 0 saturated heterocycles. The Morgan fingerprint density at radius 2 is 2.46 bits per heavy atom. The lowest BCUT2D eigenvalue weighted by Gasteiger charge is -2.03. The topological polar surface area (TPSA) is 88.2 Å². The molecule has 0 radical (unpaired) electrons. The molecular weight excluding hydrogens is 174 g/mol. The average Bonchev–Trinajstić information content (AvgIpc) is 2.47. The summed E-state index contributed by atoms with van der Waals surface area (Å²) in [5, 5.41) is 14.8. The summed E-state index contributed by atoms with van der Waals surface area (Å²) in [5.41, 5.74) is 0. The minimum absolute atomic E-state index is 0.168. The number of aromatic nitrogens is 2. The smallest absolute Gasteiger partial charge is 0.248 e. The van der Waals surface area contributed by atoms with Gasteiger partial charge >= 0.3 is 0 Å². The van der Waals surface area contributed by atoms with E-state index in [2.05, 4.69) is 20.0 Å². The Morgan fingerprint density at radius 3 is 2.92 bits per heavy atom. The number of amides is 1. The van der Waals surface area contributed by atoms with Gasteiger partial charge in [0.1, 0.15) is 6.10 Å². The Kier molecular flexibility index (Phi) is 2.97. The molecule has 1 rings (SSSR count). The van der Waals surface area contributed by atoms with E-state index >= 15 is 0 Å². The van der Waals surface area contributed by atoms with Crippen LogP contribution >= 0.6 is 0 Å². The Balaban J connectivity index is 2.39. The molecule has 6 heteroatoms. The predicted octanol–water partition coefficient (Wildman–Crippen LogP) is -0.625. The fraction of sp³-hybridized carbons (Fsp3) is 0.571. The van der Waals surface area contributed by atoms with Crippen LogP contribution < -0.4 is 5.32 Å². The van der Waals surface area contributed by atoms with E-state index < -0.39 is 12.0 Å². The van der Waals surface area contributed by atoms with Crippen molar-refractivity contribution in [3.05, 3.63) is 11.7 Å². The van der Waals surface area contributed by atoms with E-state index in [1.54, 1.807) is 6.92 Å². The third kappa shape index (κ3) is 2.83. The summed E-state index contributed by atoms with van der Waals surface area (Å²) in [6, 6.07) is 0. The van der Waals surface area contributed by atoms with E-state index in [-0.39, 0.29) is 6.54 Å². The second kappa shape index (κ2) is 3.99. The molecule has 0 bridgehead atoms. The molecule has 1 aromatic rings. The highest BCUT2D eigenvalue weighted by Gasteiger charge is 2.09. The highest BCUT2D eigenvalue weighted by Crippen LogP contribution is 1.93. The van der Waals surface area contributed by atoms with Gasteiger partial charge in [0.05, 0.1) is 6.54 Å². The van der Waals surface area contributed by atoms with E-state index in [9.17, 15) is 4.79 Å². The standard InChI is InChI=1S/C7H11N3O3/c1-4(11)7(12)8-3-6-9-5(2)13-10-6/h4,11H,3H2,1-2H3,(H,8,12)/t4-/m1/s1. The molecule has 6 nitrogen and oxygen atoms in total. The van der Waals surface area contributed by atoms with E-state index in [0.717, 1.165) is 0 Å². The Morgan fingerprint density at radius 1 is 1.77 bits per heavy atom. The zero-order valence-electron chi connectivity index (χ0n) is 7.44. The minimum Gasteiger partial charge on any atom is -0.384 e. The van der Waals surface area contributed by atoms with Gasteiger partial charge in [0.25, 0.3) is 0 Å². The van der Waals surface area contributed by atoms with Crippen LogP contribution in [0.1, 0.15) is 18.6 Å². The quantitative estimate of drug-likeness (QED) is 0.654. The van der Waals surface area contributed by atoms with Crippen LogP contribution in [0.5, 0.6) is 0 Å². The third-order valence-electron chi connectivity index (χ3n) is 1.37. The van der Waals surface area contributed by atoms with Gasteiger partial charge in [-0.1, -0.05) is 5.16 Å². The van der Waals surface area contributed by atoms with E-state index in [1.807, 2.05) is 0 Å². The Labute approximate surface area is 74.9 Å². The lowest BCUT2D eigenvalue weighted by Crippen LogP contribution is -2.32. The first kappa shape index (κ1) is 9.66. The third-order valence-corrected chi connectivity index (χ3v) is 1.37. The van der Waals surface area contributed by atoms with Crippen LogP contribution in [0, 0.1) is 6.92 Å². The number of aliphatic hydroxyl groups is 1. The zero-order chi connectivity index (χ0) is 9.84. The fourth-order valence-electron chi connectivity index (χ4n) is 0.727. The van der Waals surface area contributed by atoms with Gasteiger partial charge in [-0.05, 0) is 6.92 Å². The predicted molar refractivity (Wildman–Crippen MR) is 42.6 cm³/mol. The molecule has 0 aliphatic rings. The van der Waals surface area contributed by atoms with Crippen molar-refractivity contribution in [2.45, 2.75) is 26.5 Å². The lowest BCUT2D eigenvalue weighted by atomic mass is 10.4. The van der Waals surface area contributed by atoms with Crippen molar-refractivity contribution in [1.82, 2.24) is 15.5 Å². The molecule has 13 heavy (non-hydrogen) atoms. The summed E-state index contributed by atoms with van der Waals surface area (Å²) in [5.74, 6) is 0.384. The Hall–Kier alpha value is -1.43. The van der Waals surface area contributed by atoms with Crippen LogP contribution in [0.2, 0.25) is 0 Å². The lowest BCUT2D eigenvalue weighted by molar-refractivity contribution is -0.128. The molecule has 1 heterocycles. The summed E-state index contributed by atoms with van der Waals surface area (Å²) >= 11 is 0. The van der Waals surface area contributed by atoms with E-state index in [4.69, 9.17) is 5.11 Å². The fourth-order valence-corrected chi connectivity index (χ4v) is 0.727. The van der Waals surface area contributed by atoms with Crippen molar-refractivity contribution in [1.29, 1.82) is 0 Å². The maximum Gasteiger partial charge on any atom is 0.248 e. The molecular formula is C7H11N3O3. The molecule has 2 N–H and O–H groups in total. The molecule has 0 aromatic carbocycles. The first-order valence-electron chi connectivity index (χ1n) is 3.84. The maximum absolute atomic E-state index is 10.9. The van der Waals surface area contributed by atoms with Crippen LogP contribution in [-0.4, -0.2) is 27.3 Å². The summed E-state index contributed by atoms with van der Waals surface area (Å²) in [4.78, 5) is 14.7. The van der Waals surface area contributed by atoms with Crippen LogP contribution in [0.4, 0.5) is 0 Å². The largest absolute Gasteiger partial charge is 0.384 e. The van der Waals surface area contributed by atoms with Gasteiger partial charge in [-0.25, -0.2) is 0 Å². The normalized spacial score (nSPS) is 12.5. The van der Waals surface area contributed by atoms with Crippen LogP contribution in [0.25, 0.3) is 0 Å². The van der Waals surface area contributed by atoms with Crippen molar-refractivity contribution in [2.24, 2.45) is 0 Å². The van der Waals surface area contributed by atoms with Crippen molar-refractivity contribution < 1.29 is 14.4 Å². The van der Waals surface area contributed by atoms with Crippen molar-refractivity contribution >= 4 is 5.91 Å². The molecule has 0 saturated carbocycles. The van der Waals surface area contributed by atoms with Crippen molar-refractivity contribution in [2.75, 3.05) is 0 Å². The summed E-state index contributed by atoms with van der Waals surface area (Å²) in [7, 11) is 0. The number of carbonyl (C=O) groups excluding carboxylic acids is 1. The van der Waals surface area contributed by atoms with Gasteiger partial charge < -0.3 is 14.9 Å². The number of aryl methyl sites for hydroxylation is 1. The molecule has 0 aliphatic carbocycles. The highest BCUT2D eigenvalue weighted by atomic mass is 16.5.